The van der Waals surface area contributed by atoms with Crippen LogP contribution >= 0.6 is 0 Å². The van der Waals surface area contributed by atoms with Crippen molar-refractivity contribution in [1.82, 2.24) is 0 Å². The summed E-state index contributed by atoms with van der Waals surface area (Å²) in [6.45, 7) is -0.407. The van der Waals surface area contributed by atoms with Crippen molar-refractivity contribution in [2.24, 2.45) is 0 Å². The Bertz CT molecular complexity index is 1020. The van der Waals surface area contributed by atoms with Crippen molar-refractivity contribution in [3.63, 3.8) is 0 Å². The van der Waals surface area contributed by atoms with Gasteiger partial charge in [0.1, 0.15) is 6.54 Å². The van der Waals surface area contributed by atoms with Gasteiger partial charge < -0.3 is 19.5 Å². The standard InChI is InChI=1S/C18H18N2O7S/c1-25-18(22)12-4-3-5-13(8-12)19-17(21)10-20(28(2,23)24)14-6-7-15-16(9-14)27-11-26-15/h3-9H,10-11H2,1-2H3,(H,19,21). The Morgan fingerprint density at radius 3 is 2.61 bits per heavy atom. The summed E-state index contributed by atoms with van der Waals surface area (Å²) in [6, 6.07) is 10.7. The van der Waals surface area contributed by atoms with Crippen LogP contribution in [0.1, 0.15) is 10.4 Å². The van der Waals surface area contributed by atoms with E-state index >= 15 is 0 Å². The first-order valence-electron chi connectivity index (χ1n) is 8.13. The zero-order chi connectivity index (χ0) is 20.3. The number of rotatable bonds is 6. The van der Waals surface area contributed by atoms with Crippen molar-refractivity contribution in [1.29, 1.82) is 0 Å². The van der Waals surface area contributed by atoms with Crippen LogP contribution in [0.3, 0.4) is 0 Å². The third-order valence-corrected chi connectivity index (χ3v) is 5.04. The van der Waals surface area contributed by atoms with Gasteiger partial charge in [-0.15, -0.1) is 0 Å². The van der Waals surface area contributed by atoms with Crippen LogP contribution in [0.25, 0.3) is 0 Å². The molecule has 0 aliphatic carbocycles. The van der Waals surface area contributed by atoms with Crippen LogP contribution in [-0.2, 0) is 19.6 Å². The first-order valence-corrected chi connectivity index (χ1v) is 9.98. The van der Waals surface area contributed by atoms with Gasteiger partial charge in [0.05, 0.1) is 24.6 Å². The Morgan fingerprint density at radius 2 is 1.89 bits per heavy atom. The summed E-state index contributed by atoms with van der Waals surface area (Å²) < 4.78 is 40.5. The highest BCUT2D eigenvalue weighted by Gasteiger charge is 2.24. The average molecular weight is 406 g/mol. The Balaban J connectivity index is 1.79. The number of carbonyl (C=O) groups is 2. The van der Waals surface area contributed by atoms with Crippen molar-refractivity contribution in [2.75, 3.05) is 36.3 Å². The molecule has 0 saturated heterocycles. The molecule has 1 amide bonds. The lowest BCUT2D eigenvalue weighted by molar-refractivity contribution is -0.114. The van der Waals surface area contributed by atoms with Gasteiger partial charge in [0, 0.05) is 11.8 Å². The van der Waals surface area contributed by atoms with Gasteiger partial charge in [0.25, 0.3) is 0 Å². The van der Waals surface area contributed by atoms with E-state index in [0.717, 1.165) is 10.6 Å². The number of benzene rings is 2. The fourth-order valence-corrected chi connectivity index (χ4v) is 3.46. The Hall–Kier alpha value is -3.27. The highest BCUT2D eigenvalue weighted by Crippen LogP contribution is 2.36. The van der Waals surface area contributed by atoms with E-state index in [-0.39, 0.29) is 18.0 Å². The third kappa shape index (κ3) is 4.34. The zero-order valence-electron chi connectivity index (χ0n) is 15.2. The van der Waals surface area contributed by atoms with Crippen molar-refractivity contribution < 1.29 is 32.2 Å². The molecule has 2 aromatic rings. The van der Waals surface area contributed by atoms with Gasteiger partial charge in [-0.3, -0.25) is 9.10 Å². The predicted octanol–water partition coefficient (Wildman–Crippen LogP) is 1.61. The summed E-state index contributed by atoms with van der Waals surface area (Å²) in [4.78, 5) is 24.0. The molecule has 10 heteroatoms. The minimum Gasteiger partial charge on any atom is -0.465 e. The molecule has 1 N–H and O–H groups in total. The lowest BCUT2D eigenvalue weighted by Crippen LogP contribution is -2.37. The van der Waals surface area contributed by atoms with E-state index in [9.17, 15) is 18.0 Å². The fraction of sp³-hybridized carbons (Fsp3) is 0.222. The second-order valence-electron chi connectivity index (χ2n) is 5.93. The van der Waals surface area contributed by atoms with Crippen LogP contribution in [-0.4, -0.2) is 47.0 Å². The Kier molecular flexibility index (Phi) is 5.41. The van der Waals surface area contributed by atoms with E-state index < -0.39 is 28.4 Å². The Labute approximate surface area is 161 Å². The van der Waals surface area contributed by atoms with E-state index in [1.807, 2.05) is 0 Å². The predicted molar refractivity (Wildman–Crippen MR) is 101 cm³/mol. The quantitative estimate of drug-likeness (QED) is 0.726. The lowest BCUT2D eigenvalue weighted by Gasteiger charge is -2.22. The largest absolute Gasteiger partial charge is 0.465 e. The van der Waals surface area contributed by atoms with Gasteiger partial charge >= 0.3 is 5.97 Å². The molecule has 0 aromatic heterocycles. The normalized spacial score (nSPS) is 12.4. The van der Waals surface area contributed by atoms with Crippen molar-refractivity contribution >= 4 is 33.3 Å². The number of nitrogens with zero attached hydrogens (tertiary/aromatic N) is 1. The number of carbonyl (C=O) groups excluding carboxylic acids is 2. The lowest BCUT2D eigenvalue weighted by atomic mass is 10.2. The van der Waals surface area contributed by atoms with Crippen LogP contribution in [0.2, 0.25) is 0 Å². The smallest absolute Gasteiger partial charge is 0.337 e. The first kappa shape index (κ1) is 19.5. The van der Waals surface area contributed by atoms with Crippen LogP contribution < -0.4 is 19.1 Å². The van der Waals surface area contributed by atoms with Gasteiger partial charge in [-0.1, -0.05) is 6.07 Å². The highest BCUT2D eigenvalue weighted by atomic mass is 32.2. The maximum atomic E-state index is 12.4. The molecule has 1 aliphatic rings. The van der Waals surface area contributed by atoms with Crippen molar-refractivity contribution in [3.05, 3.63) is 48.0 Å². The third-order valence-electron chi connectivity index (χ3n) is 3.90. The second kappa shape index (κ2) is 7.77. The number of hydrogen-bond acceptors (Lipinski definition) is 7. The number of ether oxygens (including phenoxy) is 3. The molecular weight excluding hydrogens is 388 g/mol. The summed E-state index contributed by atoms with van der Waals surface area (Å²) in [5.74, 6) is -0.224. The number of methoxy groups -OCH3 is 1. The number of hydrogen-bond donors (Lipinski definition) is 1. The molecule has 0 radical (unpaired) electrons. The number of nitrogens with one attached hydrogen (secondary N) is 1. The molecule has 28 heavy (non-hydrogen) atoms. The fourth-order valence-electron chi connectivity index (χ4n) is 2.61. The minimum atomic E-state index is -3.75. The zero-order valence-corrected chi connectivity index (χ0v) is 16.0. The van der Waals surface area contributed by atoms with Gasteiger partial charge in [-0.2, -0.15) is 0 Å². The van der Waals surface area contributed by atoms with Gasteiger partial charge in [-0.05, 0) is 30.3 Å². The summed E-state index contributed by atoms with van der Waals surface area (Å²) in [5, 5.41) is 2.58. The van der Waals surface area contributed by atoms with Gasteiger partial charge in [-0.25, -0.2) is 13.2 Å². The van der Waals surface area contributed by atoms with Gasteiger partial charge in [0.2, 0.25) is 22.7 Å². The van der Waals surface area contributed by atoms with Crippen molar-refractivity contribution in [2.45, 2.75) is 0 Å². The first-order chi connectivity index (χ1) is 13.3. The number of fused-ring (bicyclic) bond motifs is 1. The van der Waals surface area contributed by atoms with Crippen LogP contribution in [0.5, 0.6) is 11.5 Å². The van der Waals surface area contributed by atoms with Crippen LogP contribution in [0, 0.1) is 0 Å². The minimum absolute atomic E-state index is 0.0503. The van der Waals surface area contributed by atoms with E-state index in [4.69, 9.17) is 9.47 Å². The van der Waals surface area contributed by atoms with E-state index in [0.29, 0.717) is 17.2 Å². The van der Waals surface area contributed by atoms with E-state index in [1.54, 1.807) is 18.2 Å². The molecule has 1 heterocycles. The average Bonchev–Trinajstić information content (AvgIpc) is 3.12. The molecule has 0 fully saturated rings. The van der Waals surface area contributed by atoms with E-state index in [2.05, 4.69) is 10.1 Å². The molecule has 148 valence electrons. The molecule has 0 saturated carbocycles. The summed E-state index contributed by atoms with van der Waals surface area (Å²) in [6.07, 6.45) is 1.00. The van der Waals surface area contributed by atoms with E-state index in [1.165, 1.54) is 31.4 Å². The molecule has 9 nitrogen and oxygen atoms in total. The molecule has 3 rings (SSSR count). The molecular formula is C18H18N2O7S. The maximum absolute atomic E-state index is 12.4. The number of amides is 1. The number of anilines is 2. The summed E-state index contributed by atoms with van der Waals surface area (Å²) >= 11 is 0. The number of sulfonamides is 1. The summed E-state index contributed by atoms with van der Waals surface area (Å²) in [5.41, 5.74) is 0.869. The molecule has 0 unspecified atom stereocenters. The SMILES string of the molecule is COC(=O)c1cccc(NC(=O)CN(c2ccc3c(c2)OCO3)S(C)(=O)=O)c1. The molecule has 1 aliphatic heterocycles. The van der Waals surface area contributed by atoms with Gasteiger partial charge in [0.15, 0.2) is 11.5 Å². The Morgan fingerprint density at radius 1 is 1.14 bits per heavy atom. The molecule has 0 bridgehead atoms. The van der Waals surface area contributed by atoms with Crippen LogP contribution in [0.4, 0.5) is 11.4 Å². The second-order valence-corrected chi connectivity index (χ2v) is 7.83. The topological polar surface area (TPSA) is 111 Å². The highest BCUT2D eigenvalue weighted by molar-refractivity contribution is 7.92. The molecule has 0 spiro atoms. The monoisotopic (exact) mass is 406 g/mol. The summed E-state index contributed by atoms with van der Waals surface area (Å²) in [7, 11) is -2.49. The molecule has 2 aromatic carbocycles. The maximum Gasteiger partial charge on any atom is 0.337 e. The number of esters is 1. The van der Waals surface area contributed by atoms with Crippen LogP contribution in [0.15, 0.2) is 42.5 Å². The van der Waals surface area contributed by atoms with Crippen molar-refractivity contribution in [3.8, 4) is 11.5 Å². The molecule has 0 atom stereocenters.